The number of nitrogens with one attached hydrogen (secondary N) is 1. The molecule has 3 atom stereocenters. The molecule has 0 saturated carbocycles. The summed E-state index contributed by atoms with van der Waals surface area (Å²) in [5.41, 5.74) is 0. The maximum Gasteiger partial charge on any atom is 0.0223 e. The molecule has 0 aromatic heterocycles. The first kappa shape index (κ1) is 14.3. The molecule has 2 aliphatic heterocycles. The molecule has 0 aliphatic carbocycles. The van der Waals surface area contributed by atoms with E-state index in [-0.39, 0.29) is 0 Å². The van der Waals surface area contributed by atoms with Crippen LogP contribution in [0.4, 0.5) is 0 Å². The third kappa shape index (κ3) is 3.69. The van der Waals surface area contributed by atoms with Gasteiger partial charge in [-0.25, -0.2) is 0 Å². The van der Waals surface area contributed by atoms with E-state index >= 15 is 0 Å². The minimum absolute atomic E-state index is 0.752. The molecule has 2 rings (SSSR count). The highest BCUT2D eigenvalue weighted by molar-refractivity contribution is 4.88. The Balaban J connectivity index is 1.80. The fourth-order valence-corrected chi connectivity index (χ4v) is 3.58. The van der Waals surface area contributed by atoms with Gasteiger partial charge >= 0.3 is 0 Å². The first-order valence-electron chi connectivity index (χ1n) is 7.86. The van der Waals surface area contributed by atoms with Crippen molar-refractivity contribution in [3.8, 4) is 0 Å². The fraction of sp³-hybridized carbons (Fsp3) is 1.00. The van der Waals surface area contributed by atoms with Crippen molar-refractivity contribution in [1.82, 2.24) is 15.1 Å². The molecule has 1 N–H and O–H groups in total. The standard InChI is InChI=1S/C15H31N3/c1-4-8-16-15-7-10-18(11-13(15)2)14-6-5-9-17(3)12-14/h13-16H,4-12H2,1-3H3. The van der Waals surface area contributed by atoms with Crippen LogP contribution in [0.1, 0.15) is 39.5 Å². The summed E-state index contributed by atoms with van der Waals surface area (Å²) >= 11 is 0. The van der Waals surface area contributed by atoms with E-state index in [4.69, 9.17) is 0 Å². The van der Waals surface area contributed by atoms with E-state index in [9.17, 15) is 0 Å². The number of hydrogen-bond acceptors (Lipinski definition) is 3. The molecule has 3 unspecified atom stereocenters. The van der Waals surface area contributed by atoms with Crippen LogP contribution in [-0.4, -0.2) is 61.7 Å². The highest BCUT2D eigenvalue weighted by Crippen LogP contribution is 2.23. The van der Waals surface area contributed by atoms with Crippen LogP contribution in [0.2, 0.25) is 0 Å². The van der Waals surface area contributed by atoms with Crippen LogP contribution in [0.25, 0.3) is 0 Å². The predicted octanol–water partition coefficient (Wildman–Crippen LogP) is 1.79. The maximum absolute atomic E-state index is 3.72. The van der Waals surface area contributed by atoms with Crippen molar-refractivity contribution in [3.05, 3.63) is 0 Å². The summed E-state index contributed by atoms with van der Waals surface area (Å²) in [7, 11) is 2.27. The van der Waals surface area contributed by atoms with Crippen molar-refractivity contribution < 1.29 is 0 Å². The molecule has 0 bridgehead atoms. The number of hydrogen-bond donors (Lipinski definition) is 1. The lowest BCUT2D eigenvalue weighted by Gasteiger charge is -2.44. The molecule has 0 aromatic rings. The van der Waals surface area contributed by atoms with Gasteiger partial charge in [-0.1, -0.05) is 13.8 Å². The Morgan fingerprint density at radius 3 is 2.67 bits per heavy atom. The smallest absolute Gasteiger partial charge is 0.0223 e. The lowest BCUT2D eigenvalue weighted by molar-refractivity contribution is 0.0619. The van der Waals surface area contributed by atoms with Gasteiger partial charge in [0.15, 0.2) is 0 Å². The Kier molecular flexibility index (Phi) is 5.46. The molecule has 0 amide bonds. The average Bonchev–Trinajstić information content (AvgIpc) is 2.37. The van der Waals surface area contributed by atoms with Gasteiger partial charge in [-0.3, -0.25) is 4.90 Å². The minimum atomic E-state index is 0.752. The van der Waals surface area contributed by atoms with Gasteiger partial charge in [0.2, 0.25) is 0 Å². The van der Waals surface area contributed by atoms with Gasteiger partial charge in [-0.05, 0) is 58.3 Å². The Morgan fingerprint density at radius 1 is 1.17 bits per heavy atom. The van der Waals surface area contributed by atoms with Crippen molar-refractivity contribution >= 4 is 0 Å². The van der Waals surface area contributed by atoms with E-state index in [0.717, 1.165) is 18.0 Å². The molecule has 18 heavy (non-hydrogen) atoms. The minimum Gasteiger partial charge on any atom is -0.314 e. The second-order valence-electron chi connectivity index (χ2n) is 6.38. The second-order valence-corrected chi connectivity index (χ2v) is 6.38. The lowest BCUT2D eigenvalue weighted by atomic mass is 9.91. The summed E-state index contributed by atoms with van der Waals surface area (Å²) in [5, 5.41) is 3.72. The highest BCUT2D eigenvalue weighted by atomic mass is 15.2. The zero-order valence-electron chi connectivity index (χ0n) is 12.5. The van der Waals surface area contributed by atoms with Gasteiger partial charge in [0, 0.05) is 25.2 Å². The first-order valence-corrected chi connectivity index (χ1v) is 7.86. The largest absolute Gasteiger partial charge is 0.314 e. The molecule has 0 aromatic carbocycles. The number of rotatable bonds is 4. The molecule has 2 saturated heterocycles. The fourth-order valence-electron chi connectivity index (χ4n) is 3.58. The van der Waals surface area contributed by atoms with Crippen LogP contribution in [0.3, 0.4) is 0 Å². The van der Waals surface area contributed by atoms with Crippen molar-refractivity contribution in [2.24, 2.45) is 5.92 Å². The van der Waals surface area contributed by atoms with Crippen molar-refractivity contribution in [2.75, 3.05) is 39.8 Å². The van der Waals surface area contributed by atoms with Crippen LogP contribution in [0.5, 0.6) is 0 Å². The van der Waals surface area contributed by atoms with E-state index in [1.807, 2.05) is 0 Å². The van der Waals surface area contributed by atoms with Crippen LogP contribution in [0.15, 0.2) is 0 Å². The predicted molar refractivity (Wildman–Crippen MR) is 78.0 cm³/mol. The van der Waals surface area contributed by atoms with E-state index < -0.39 is 0 Å². The Labute approximate surface area is 113 Å². The molecule has 3 heteroatoms. The third-order valence-corrected chi connectivity index (χ3v) is 4.71. The average molecular weight is 253 g/mol. The van der Waals surface area contributed by atoms with E-state index in [1.165, 1.54) is 58.4 Å². The van der Waals surface area contributed by atoms with Gasteiger partial charge in [0.05, 0.1) is 0 Å². The molecule has 106 valence electrons. The van der Waals surface area contributed by atoms with E-state index in [2.05, 4.69) is 36.0 Å². The Bertz CT molecular complexity index is 244. The SMILES string of the molecule is CCCNC1CCN(C2CCCN(C)C2)CC1C. The molecule has 0 radical (unpaired) electrons. The molecular formula is C15H31N3. The van der Waals surface area contributed by atoms with Gasteiger partial charge in [-0.2, -0.15) is 0 Å². The molecule has 2 aliphatic rings. The van der Waals surface area contributed by atoms with Crippen LogP contribution in [0, 0.1) is 5.92 Å². The van der Waals surface area contributed by atoms with Crippen LogP contribution in [-0.2, 0) is 0 Å². The molecule has 0 spiro atoms. The summed E-state index contributed by atoms with van der Waals surface area (Å²) in [6, 6.07) is 1.57. The number of piperidine rings is 2. The summed E-state index contributed by atoms with van der Waals surface area (Å²) in [5.74, 6) is 0.803. The summed E-state index contributed by atoms with van der Waals surface area (Å²) in [4.78, 5) is 5.25. The van der Waals surface area contributed by atoms with Gasteiger partial charge in [-0.15, -0.1) is 0 Å². The van der Waals surface area contributed by atoms with E-state index in [0.29, 0.717) is 0 Å². The highest BCUT2D eigenvalue weighted by Gasteiger charge is 2.31. The lowest BCUT2D eigenvalue weighted by Crippen LogP contribution is -2.55. The summed E-state index contributed by atoms with van der Waals surface area (Å²) in [6.07, 6.45) is 5.37. The maximum atomic E-state index is 3.72. The van der Waals surface area contributed by atoms with Crippen molar-refractivity contribution in [1.29, 1.82) is 0 Å². The van der Waals surface area contributed by atoms with Gasteiger partial charge in [0.1, 0.15) is 0 Å². The van der Waals surface area contributed by atoms with Crippen molar-refractivity contribution in [3.63, 3.8) is 0 Å². The van der Waals surface area contributed by atoms with Gasteiger partial charge in [0.25, 0.3) is 0 Å². The quantitative estimate of drug-likeness (QED) is 0.824. The first-order chi connectivity index (χ1) is 8.70. The Morgan fingerprint density at radius 2 is 2.00 bits per heavy atom. The second kappa shape index (κ2) is 6.88. The van der Waals surface area contributed by atoms with Crippen molar-refractivity contribution in [2.45, 2.75) is 51.6 Å². The third-order valence-electron chi connectivity index (χ3n) is 4.71. The van der Waals surface area contributed by atoms with E-state index in [1.54, 1.807) is 0 Å². The summed E-state index contributed by atoms with van der Waals surface area (Å²) in [6.45, 7) is 11.0. The van der Waals surface area contributed by atoms with Crippen LogP contribution >= 0.6 is 0 Å². The Hall–Kier alpha value is -0.120. The number of likely N-dealkylation sites (N-methyl/N-ethyl adjacent to an activating group) is 1. The topological polar surface area (TPSA) is 18.5 Å². The monoisotopic (exact) mass is 253 g/mol. The number of likely N-dealkylation sites (tertiary alicyclic amines) is 2. The zero-order chi connectivity index (χ0) is 13.0. The normalized spacial score (nSPS) is 35.8. The molecule has 2 heterocycles. The van der Waals surface area contributed by atoms with Crippen LogP contribution < -0.4 is 5.32 Å². The zero-order valence-corrected chi connectivity index (χ0v) is 12.5. The number of nitrogens with zero attached hydrogens (tertiary/aromatic N) is 2. The molecule has 3 nitrogen and oxygen atoms in total. The molecular weight excluding hydrogens is 222 g/mol. The summed E-state index contributed by atoms with van der Waals surface area (Å²) < 4.78 is 0. The molecule has 2 fully saturated rings. The van der Waals surface area contributed by atoms with Gasteiger partial charge < -0.3 is 10.2 Å².